The molecule has 4 heteroatoms. The Morgan fingerprint density at radius 1 is 1.29 bits per heavy atom. The van der Waals surface area contributed by atoms with Gasteiger partial charge in [-0.05, 0) is 44.2 Å². The first-order valence-electron chi connectivity index (χ1n) is 6.52. The molecule has 0 aliphatic heterocycles. The predicted molar refractivity (Wildman–Crippen MR) is 75.6 cm³/mol. The number of carbonyl (C=O) groups is 1. The van der Waals surface area contributed by atoms with E-state index >= 15 is 0 Å². The van der Waals surface area contributed by atoms with E-state index in [1.165, 1.54) is 25.7 Å². The summed E-state index contributed by atoms with van der Waals surface area (Å²) in [7, 11) is 1.46. The van der Waals surface area contributed by atoms with E-state index in [4.69, 9.17) is 4.74 Å². The van der Waals surface area contributed by atoms with Crippen molar-refractivity contribution >= 4 is 17.7 Å². The maximum Gasteiger partial charge on any atom is 0.325 e. The molecule has 0 aromatic heterocycles. The van der Waals surface area contributed by atoms with Crippen LogP contribution < -0.4 is 5.32 Å². The lowest BCUT2D eigenvalue weighted by Gasteiger charge is -2.27. The van der Waals surface area contributed by atoms with Crippen LogP contribution in [0.25, 0.3) is 0 Å². The van der Waals surface area contributed by atoms with Crippen LogP contribution in [-0.2, 0) is 9.53 Å². The summed E-state index contributed by atoms with van der Waals surface area (Å²) in [4.78, 5) is 11.8. The number of thioether (sulfide) groups is 1. The molecule has 3 nitrogen and oxygen atoms in total. The quantitative estimate of drug-likeness (QED) is 0.485. The van der Waals surface area contributed by atoms with Crippen molar-refractivity contribution in [1.82, 2.24) is 5.32 Å². The van der Waals surface area contributed by atoms with Crippen molar-refractivity contribution < 1.29 is 9.53 Å². The van der Waals surface area contributed by atoms with E-state index in [9.17, 15) is 4.79 Å². The molecule has 0 saturated carbocycles. The Morgan fingerprint density at radius 3 is 2.53 bits per heavy atom. The largest absolute Gasteiger partial charge is 0.468 e. The highest BCUT2D eigenvalue weighted by Crippen LogP contribution is 2.17. The molecule has 0 amide bonds. The second kappa shape index (κ2) is 9.77. The Labute approximate surface area is 110 Å². The lowest BCUT2D eigenvalue weighted by molar-refractivity contribution is -0.148. The van der Waals surface area contributed by atoms with Crippen molar-refractivity contribution in [2.75, 3.05) is 25.2 Å². The minimum atomic E-state index is -0.524. The third-order valence-corrected chi connectivity index (χ3v) is 3.86. The van der Waals surface area contributed by atoms with Crippen molar-refractivity contribution in [1.29, 1.82) is 0 Å². The topological polar surface area (TPSA) is 38.3 Å². The first kappa shape index (κ1) is 16.8. The number of esters is 1. The average molecular weight is 261 g/mol. The molecular formula is C13H27NO2S. The van der Waals surface area contributed by atoms with Crippen molar-refractivity contribution in [3.8, 4) is 0 Å². The molecule has 102 valence electrons. The number of carbonyl (C=O) groups excluding carboxylic acids is 1. The van der Waals surface area contributed by atoms with E-state index in [-0.39, 0.29) is 5.97 Å². The van der Waals surface area contributed by atoms with Crippen LogP contribution in [-0.4, -0.2) is 36.7 Å². The van der Waals surface area contributed by atoms with Crippen LogP contribution in [0.15, 0.2) is 0 Å². The minimum absolute atomic E-state index is 0.151. The molecule has 0 aliphatic rings. The summed E-state index contributed by atoms with van der Waals surface area (Å²) in [5.41, 5.74) is -0.524. The monoisotopic (exact) mass is 261 g/mol. The van der Waals surface area contributed by atoms with Crippen molar-refractivity contribution in [2.24, 2.45) is 0 Å². The summed E-state index contributed by atoms with van der Waals surface area (Å²) in [6.07, 6.45) is 4.33. The third kappa shape index (κ3) is 6.94. The smallest absolute Gasteiger partial charge is 0.325 e. The van der Waals surface area contributed by atoms with Crippen LogP contribution in [0.3, 0.4) is 0 Å². The Balaban J connectivity index is 4.05. The van der Waals surface area contributed by atoms with Gasteiger partial charge >= 0.3 is 5.97 Å². The predicted octanol–water partition coefficient (Wildman–Crippen LogP) is 2.84. The van der Waals surface area contributed by atoms with Crippen LogP contribution in [0.4, 0.5) is 0 Å². The molecule has 1 N–H and O–H groups in total. The Morgan fingerprint density at radius 2 is 2.00 bits per heavy atom. The summed E-state index contributed by atoms with van der Waals surface area (Å²) in [5, 5.41) is 3.30. The van der Waals surface area contributed by atoms with E-state index in [0.717, 1.165) is 25.1 Å². The number of hydrogen-bond donors (Lipinski definition) is 1. The number of methoxy groups -OCH3 is 1. The Bertz CT molecular complexity index is 212. The molecular weight excluding hydrogens is 234 g/mol. The fourth-order valence-corrected chi connectivity index (χ4v) is 2.76. The molecule has 0 fully saturated rings. The van der Waals surface area contributed by atoms with E-state index in [1.807, 2.05) is 18.7 Å². The first-order valence-corrected chi connectivity index (χ1v) is 7.67. The van der Waals surface area contributed by atoms with Crippen LogP contribution in [0.5, 0.6) is 0 Å². The second-order valence-electron chi connectivity index (χ2n) is 4.47. The Kier molecular flexibility index (Phi) is 9.65. The van der Waals surface area contributed by atoms with Gasteiger partial charge in [0, 0.05) is 0 Å². The van der Waals surface area contributed by atoms with Gasteiger partial charge in [0.15, 0.2) is 0 Å². The molecule has 0 aromatic carbocycles. The molecule has 0 radical (unpaired) electrons. The van der Waals surface area contributed by atoms with Gasteiger partial charge < -0.3 is 10.1 Å². The van der Waals surface area contributed by atoms with Gasteiger partial charge in [-0.3, -0.25) is 4.79 Å². The van der Waals surface area contributed by atoms with Gasteiger partial charge in [-0.15, -0.1) is 0 Å². The van der Waals surface area contributed by atoms with Crippen molar-refractivity contribution in [3.05, 3.63) is 0 Å². The molecule has 0 heterocycles. The summed E-state index contributed by atoms with van der Waals surface area (Å²) < 4.78 is 4.88. The standard InChI is InChI=1S/C13H27NO2S/c1-5-7-10-17-11-8-13(3,12(15)16-4)14-9-6-2/h14H,5-11H2,1-4H3. The van der Waals surface area contributed by atoms with Gasteiger partial charge in [0.05, 0.1) is 7.11 Å². The van der Waals surface area contributed by atoms with Crippen LogP contribution >= 0.6 is 11.8 Å². The molecule has 0 saturated heterocycles. The summed E-state index contributed by atoms with van der Waals surface area (Å²) in [6.45, 7) is 7.09. The molecule has 17 heavy (non-hydrogen) atoms. The highest BCUT2D eigenvalue weighted by atomic mass is 32.2. The highest BCUT2D eigenvalue weighted by Gasteiger charge is 2.32. The maximum absolute atomic E-state index is 11.8. The first-order chi connectivity index (χ1) is 8.10. The molecule has 0 rings (SSSR count). The zero-order chi connectivity index (χ0) is 13.1. The van der Waals surface area contributed by atoms with E-state index in [0.29, 0.717) is 0 Å². The van der Waals surface area contributed by atoms with Gasteiger partial charge in [-0.1, -0.05) is 20.3 Å². The number of nitrogens with one attached hydrogen (secondary N) is 1. The number of hydrogen-bond acceptors (Lipinski definition) is 4. The van der Waals surface area contributed by atoms with E-state index in [2.05, 4.69) is 19.2 Å². The third-order valence-electron chi connectivity index (χ3n) is 2.79. The fourth-order valence-electron chi connectivity index (χ4n) is 1.51. The number of ether oxygens (including phenoxy) is 1. The van der Waals surface area contributed by atoms with Crippen LogP contribution in [0.1, 0.15) is 46.5 Å². The SMILES string of the molecule is CCCCSCCC(C)(NCCC)C(=O)OC. The van der Waals surface area contributed by atoms with Crippen LogP contribution in [0, 0.1) is 0 Å². The van der Waals surface area contributed by atoms with Gasteiger partial charge in [-0.2, -0.15) is 11.8 Å². The van der Waals surface area contributed by atoms with Gasteiger partial charge in [0.2, 0.25) is 0 Å². The van der Waals surface area contributed by atoms with Gasteiger partial charge in [-0.25, -0.2) is 0 Å². The lowest BCUT2D eigenvalue weighted by atomic mass is 9.99. The second-order valence-corrected chi connectivity index (χ2v) is 5.69. The number of rotatable bonds is 10. The fraction of sp³-hybridized carbons (Fsp3) is 0.923. The van der Waals surface area contributed by atoms with E-state index < -0.39 is 5.54 Å². The molecule has 1 atom stereocenters. The maximum atomic E-state index is 11.8. The van der Waals surface area contributed by atoms with Crippen LogP contribution in [0.2, 0.25) is 0 Å². The highest BCUT2D eigenvalue weighted by molar-refractivity contribution is 7.99. The molecule has 0 aliphatic carbocycles. The summed E-state index contributed by atoms with van der Waals surface area (Å²) in [5.74, 6) is 2.03. The lowest BCUT2D eigenvalue weighted by Crippen LogP contribution is -2.50. The normalized spacial score (nSPS) is 14.4. The number of unbranched alkanes of at least 4 members (excludes halogenated alkanes) is 1. The van der Waals surface area contributed by atoms with Crippen molar-refractivity contribution in [3.63, 3.8) is 0 Å². The molecule has 0 bridgehead atoms. The molecule has 0 aromatic rings. The molecule has 0 spiro atoms. The van der Waals surface area contributed by atoms with Gasteiger partial charge in [0.25, 0.3) is 0 Å². The van der Waals surface area contributed by atoms with Gasteiger partial charge in [0.1, 0.15) is 5.54 Å². The zero-order valence-electron chi connectivity index (χ0n) is 11.7. The zero-order valence-corrected chi connectivity index (χ0v) is 12.5. The average Bonchev–Trinajstić information content (AvgIpc) is 2.35. The van der Waals surface area contributed by atoms with Crippen molar-refractivity contribution in [2.45, 2.75) is 52.0 Å². The molecule has 1 unspecified atom stereocenters. The Hall–Kier alpha value is -0.220. The summed E-state index contributed by atoms with van der Waals surface area (Å²) >= 11 is 1.92. The summed E-state index contributed by atoms with van der Waals surface area (Å²) in [6, 6.07) is 0. The van der Waals surface area contributed by atoms with E-state index in [1.54, 1.807) is 0 Å². The minimum Gasteiger partial charge on any atom is -0.468 e.